The van der Waals surface area contributed by atoms with Crippen LogP contribution in [0.25, 0.3) is 0 Å². The largest absolute Gasteiger partial charge is 0.376 e. The highest BCUT2D eigenvalue weighted by Crippen LogP contribution is 2.13. The van der Waals surface area contributed by atoms with Crippen LogP contribution in [0.3, 0.4) is 0 Å². The number of ether oxygens (including phenoxy) is 1. The molecule has 2 heterocycles. The average molecular weight is 238 g/mol. The zero-order valence-corrected chi connectivity index (χ0v) is 10.9. The predicted molar refractivity (Wildman–Crippen MR) is 65.6 cm³/mol. The highest BCUT2D eigenvalue weighted by Gasteiger charge is 2.17. The summed E-state index contributed by atoms with van der Waals surface area (Å²) in [6, 6.07) is 0. The lowest BCUT2D eigenvalue weighted by Gasteiger charge is -2.19. The summed E-state index contributed by atoms with van der Waals surface area (Å²) in [5.41, 5.74) is 0.0972. The highest BCUT2D eigenvalue weighted by molar-refractivity contribution is 4.84. The molecule has 0 amide bonds. The van der Waals surface area contributed by atoms with Gasteiger partial charge >= 0.3 is 0 Å². The molecule has 1 aromatic heterocycles. The maximum absolute atomic E-state index is 5.58. The van der Waals surface area contributed by atoms with Crippen LogP contribution in [0, 0.1) is 0 Å². The standard InChI is InChI=1S/C12H22N4O/c1-12(2,3)14-7-11-13-9-16(15-11)8-10-5-4-6-17-10/h9-10,14H,4-8H2,1-3H3. The fourth-order valence-corrected chi connectivity index (χ4v) is 1.84. The quantitative estimate of drug-likeness (QED) is 0.860. The van der Waals surface area contributed by atoms with E-state index >= 15 is 0 Å². The summed E-state index contributed by atoms with van der Waals surface area (Å²) < 4.78 is 7.46. The first-order chi connectivity index (χ1) is 8.03. The molecule has 17 heavy (non-hydrogen) atoms. The number of aromatic nitrogens is 3. The second-order valence-corrected chi connectivity index (χ2v) is 5.62. The molecule has 5 heteroatoms. The van der Waals surface area contributed by atoms with Crippen molar-refractivity contribution >= 4 is 0 Å². The zero-order chi connectivity index (χ0) is 12.3. The van der Waals surface area contributed by atoms with Crippen LogP contribution in [0.1, 0.15) is 39.4 Å². The molecule has 0 bridgehead atoms. The number of hydrogen-bond donors (Lipinski definition) is 1. The molecule has 0 aromatic carbocycles. The smallest absolute Gasteiger partial charge is 0.164 e. The highest BCUT2D eigenvalue weighted by atomic mass is 16.5. The van der Waals surface area contributed by atoms with Crippen molar-refractivity contribution in [2.75, 3.05) is 6.61 Å². The molecule has 0 saturated carbocycles. The molecule has 1 fully saturated rings. The number of nitrogens with zero attached hydrogens (tertiary/aromatic N) is 3. The van der Waals surface area contributed by atoms with Crippen LogP contribution < -0.4 is 5.32 Å². The molecule has 1 atom stereocenters. The van der Waals surface area contributed by atoms with Gasteiger partial charge in [-0.15, -0.1) is 0 Å². The topological polar surface area (TPSA) is 52.0 Å². The van der Waals surface area contributed by atoms with Gasteiger partial charge in [0.05, 0.1) is 19.2 Å². The Morgan fingerprint density at radius 3 is 3.00 bits per heavy atom. The van der Waals surface area contributed by atoms with Crippen LogP contribution in [-0.4, -0.2) is 33.0 Å². The Morgan fingerprint density at radius 1 is 1.53 bits per heavy atom. The van der Waals surface area contributed by atoms with E-state index < -0.39 is 0 Å². The second kappa shape index (κ2) is 5.14. The minimum atomic E-state index is 0.0972. The molecule has 1 saturated heterocycles. The van der Waals surface area contributed by atoms with Gasteiger partial charge in [-0.05, 0) is 33.6 Å². The van der Waals surface area contributed by atoms with Crippen molar-refractivity contribution in [3.63, 3.8) is 0 Å². The minimum absolute atomic E-state index is 0.0972. The summed E-state index contributed by atoms with van der Waals surface area (Å²) in [4.78, 5) is 4.30. The molecule has 1 unspecified atom stereocenters. The Bertz CT molecular complexity index is 350. The molecule has 1 N–H and O–H groups in total. The van der Waals surface area contributed by atoms with Gasteiger partial charge in [0, 0.05) is 12.1 Å². The third kappa shape index (κ3) is 4.09. The van der Waals surface area contributed by atoms with E-state index in [2.05, 4.69) is 36.2 Å². The van der Waals surface area contributed by atoms with Crippen molar-refractivity contribution in [1.82, 2.24) is 20.1 Å². The van der Waals surface area contributed by atoms with Crippen LogP contribution >= 0.6 is 0 Å². The van der Waals surface area contributed by atoms with E-state index in [9.17, 15) is 0 Å². The summed E-state index contributed by atoms with van der Waals surface area (Å²) in [5, 5.41) is 7.82. The number of nitrogens with one attached hydrogen (secondary N) is 1. The van der Waals surface area contributed by atoms with Gasteiger partial charge in [0.25, 0.3) is 0 Å². The fourth-order valence-electron chi connectivity index (χ4n) is 1.84. The van der Waals surface area contributed by atoms with E-state index in [0.29, 0.717) is 12.6 Å². The van der Waals surface area contributed by atoms with Crippen LogP contribution in [0.5, 0.6) is 0 Å². The van der Waals surface area contributed by atoms with Crippen molar-refractivity contribution in [3.05, 3.63) is 12.2 Å². The minimum Gasteiger partial charge on any atom is -0.376 e. The summed E-state index contributed by atoms with van der Waals surface area (Å²) in [7, 11) is 0. The van der Waals surface area contributed by atoms with E-state index in [1.807, 2.05) is 4.68 Å². The first kappa shape index (κ1) is 12.5. The SMILES string of the molecule is CC(C)(C)NCc1ncn(CC2CCCO2)n1. The van der Waals surface area contributed by atoms with Crippen LogP contribution in [0.2, 0.25) is 0 Å². The zero-order valence-electron chi connectivity index (χ0n) is 10.9. The van der Waals surface area contributed by atoms with Gasteiger partial charge in [0.2, 0.25) is 0 Å². The molecule has 1 aliphatic rings. The van der Waals surface area contributed by atoms with Crippen molar-refractivity contribution in [2.45, 2.75) is 58.3 Å². The molecule has 0 aliphatic carbocycles. The molecule has 1 aromatic rings. The first-order valence-corrected chi connectivity index (χ1v) is 6.28. The molecule has 5 nitrogen and oxygen atoms in total. The van der Waals surface area contributed by atoms with Crippen LogP contribution in [0.4, 0.5) is 0 Å². The van der Waals surface area contributed by atoms with Gasteiger partial charge in [-0.1, -0.05) is 0 Å². The first-order valence-electron chi connectivity index (χ1n) is 6.28. The summed E-state index contributed by atoms with van der Waals surface area (Å²) in [6.07, 6.45) is 4.41. The van der Waals surface area contributed by atoms with Gasteiger partial charge in [-0.2, -0.15) is 5.10 Å². The Hall–Kier alpha value is -0.940. The Balaban J connectivity index is 1.83. The van der Waals surface area contributed by atoms with E-state index in [4.69, 9.17) is 4.74 Å². The lowest BCUT2D eigenvalue weighted by molar-refractivity contribution is 0.0938. The third-order valence-electron chi connectivity index (χ3n) is 2.78. The molecule has 1 aliphatic heterocycles. The Morgan fingerprint density at radius 2 is 2.35 bits per heavy atom. The second-order valence-electron chi connectivity index (χ2n) is 5.62. The van der Waals surface area contributed by atoms with E-state index in [0.717, 1.165) is 31.8 Å². The van der Waals surface area contributed by atoms with E-state index in [-0.39, 0.29) is 5.54 Å². The van der Waals surface area contributed by atoms with Crippen molar-refractivity contribution in [3.8, 4) is 0 Å². The van der Waals surface area contributed by atoms with Crippen LogP contribution in [-0.2, 0) is 17.8 Å². The Kier molecular flexibility index (Phi) is 3.79. The molecular weight excluding hydrogens is 216 g/mol. The fraction of sp³-hybridized carbons (Fsp3) is 0.833. The van der Waals surface area contributed by atoms with Crippen LogP contribution in [0.15, 0.2) is 6.33 Å². The molecule has 0 radical (unpaired) electrons. The third-order valence-corrected chi connectivity index (χ3v) is 2.78. The van der Waals surface area contributed by atoms with Crippen molar-refractivity contribution in [1.29, 1.82) is 0 Å². The van der Waals surface area contributed by atoms with Gasteiger partial charge in [-0.3, -0.25) is 4.68 Å². The van der Waals surface area contributed by atoms with Gasteiger partial charge in [0.1, 0.15) is 6.33 Å². The maximum Gasteiger partial charge on any atom is 0.164 e. The normalized spacial score (nSPS) is 21.0. The van der Waals surface area contributed by atoms with Gasteiger partial charge in [0.15, 0.2) is 5.82 Å². The average Bonchev–Trinajstić information content (AvgIpc) is 2.86. The van der Waals surface area contributed by atoms with Crippen molar-refractivity contribution < 1.29 is 4.74 Å². The summed E-state index contributed by atoms with van der Waals surface area (Å²) in [5.74, 6) is 0.845. The lowest BCUT2D eigenvalue weighted by Crippen LogP contribution is -2.35. The van der Waals surface area contributed by atoms with E-state index in [1.54, 1.807) is 6.33 Å². The van der Waals surface area contributed by atoms with Gasteiger partial charge in [-0.25, -0.2) is 4.98 Å². The number of hydrogen-bond acceptors (Lipinski definition) is 4. The molecular formula is C12H22N4O. The number of rotatable bonds is 4. The lowest BCUT2D eigenvalue weighted by atomic mass is 10.1. The summed E-state index contributed by atoms with van der Waals surface area (Å²) >= 11 is 0. The van der Waals surface area contributed by atoms with E-state index in [1.165, 1.54) is 0 Å². The Labute approximate surface area is 103 Å². The van der Waals surface area contributed by atoms with Gasteiger partial charge < -0.3 is 10.1 Å². The predicted octanol–water partition coefficient (Wildman–Crippen LogP) is 1.35. The van der Waals surface area contributed by atoms with Crippen molar-refractivity contribution in [2.24, 2.45) is 0 Å². The molecule has 0 spiro atoms. The molecule has 96 valence electrons. The molecule has 2 rings (SSSR count). The maximum atomic E-state index is 5.58. The monoisotopic (exact) mass is 238 g/mol. The summed E-state index contributed by atoms with van der Waals surface area (Å²) in [6.45, 7) is 8.82.